The van der Waals surface area contributed by atoms with E-state index in [9.17, 15) is 38.7 Å². The minimum Gasteiger partial charge on any atom is -0.508 e. The van der Waals surface area contributed by atoms with Crippen molar-refractivity contribution >= 4 is 41.4 Å². The number of nitrogens with zero attached hydrogens (tertiary/aromatic N) is 3. The number of amides is 7. The molecule has 0 aliphatic carbocycles. The highest BCUT2D eigenvalue weighted by Gasteiger charge is 2.28. The number of aromatic nitrogens is 3. The Balaban J connectivity index is 1.56. The van der Waals surface area contributed by atoms with Gasteiger partial charge in [0.25, 0.3) is 0 Å². The zero-order valence-electron chi connectivity index (χ0n) is 27.0. The van der Waals surface area contributed by atoms with Gasteiger partial charge in [-0.15, -0.1) is 5.10 Å². The average molecular weight is 691 g/mol. The molecule has 18 nitrogen and oxygen atoms in total. The Hall–Kier alpha value is -6.33. The fraction of sp³-hybridized carbons (Fsp3) is 0.344. The van der Waals surface area contributed by atoms with Crippen LogP contribution in [0.25, 0.3) is 0 Å². The third-order valence-electron chi connectivity index (χ3n) is 7.55. The van der Waals surface area contributed by atoms with Gasteiger partial charge in [0, 0.05) is 25.5 Å². The predicted molar refractivity (Wildman–Crippen MR) is 174 cm³/mol. The number of hydrogen-bond donors (Lipinski definition) is 8. The molecule has 0 spiro atoms. The summed E-state index contributed by atoms with van der Waals surface area (Å²) in [4.78, 5) is 90.2. The molecule has 3 aromatic rings. The highest BCUT2D eigenvalue weighted by Crippen LogP contribution is 2.12. The number of aromatic hydroxyl groups is 1. The van der Waals surface area contributed by atoms with Gasteiger partial charge in [0.15, 0.2) is 0 Å². The Morgan fingerprint density at radius 1 is 0.780 bits per heavy atom. The second-order valence-corrected chi connectivity index (χ2v) is 11.6. The van der Waals surface area contributed by atoms with Gasteiger partial charge in [-0.1, -0.05) is 47.7 Å². The van der Waals surface area contributed by atoms with Crippen LogP contribution in [0, 0.1) is 0 Å². The number of phenolic OH excluding ortho intramolecular Hbond substituents is 1. The van der Waals surface area contributed by atoms with Gasteiger partial charge in [0.05, 0.1) is 18.8 Å². The van der Waals surface area contributed by atoms with Crippen molar-refractivity contribution in [3.8, 4) is 5.75 Å². The Morgan fingerprint density at radius 3 is 2.10 bits per heavy atom. The summed E-state index contributed by atoms with van der Waals surface area (Å²) in [5.74, 6) is -5.18. The first-order valence-corrected chi connectivity index (χ1v) is 15.6. The molecule has 0 saturated heterocycles. The number of nitrogens with two attached hydrogens (primary N) is 1. The number of hydrogen-bond acceptors (Lipinski definition) is 10. The van der Waals surface area contributed by atoms with Crippen molar-refractivity contribution < 1.29 is 38.7 Å². The third kappa shape index (κ3) is 11.1. The van der Waals surface area contributed by atoms with E-state index in [2.05, 4.69) is 42.2 Å². The normalized spacial score (nSPS) is 21.8. The number of benzene rings is 2. The lowest BCUT2D eigenvalue weighted by atomic mass is 10.0. The number of fused-ring (bicyclic) bond motifs is 2. The Labute approximate surface area is 285 Å². The Kier molecular flexibility index (Phi) is 12.5. The maximum atomic E-state index is 13.4. The van der Waals surface area contributed by atoms with E-state index in [0.717, 1.165) is 4.68 Å². The monoisotopic (exact) mass is 690 g/mol. The second-order valence-electron chi connectivity index (χ2n) is 11.6. The van der Waals surface area contributed by atoms with E-state index in [1.165, 1.54) is 25.3 Å². The molecule has 0 unspecified atom stereocenters. The first kappa shape index (κ1) is 36.5. The van der Waals surface area contributed by atoms with Crippen LogP contribution in [-0.2, 0) is 59.4 Å². The molecule has 2 aromatic carbocycles. The number of carbonyl (C=O) groups excluding carboxylic acids is 7. The SMILES string of the molecule is C[C@@H]1NC(=O)Cn2cc(nn2)C[C@@H](C(N)=O)NC(=O)[C@@H](Cc2ccccc2)NC(=O)CNC(=O)CNC(=O)[C@@H](Cc2ccc(O)cc2)NC1=O. The van der Waals surface area contributed by atoms with Gasteiger partial charge >= 0.3 is 0 Å². The van der Waals surface area contributed by atoms with Crippen molar-refractivity contribution in [3.05, 3.63) is 77.6 Å². The van der Waals surface area contributed by atoms with Gasteiger partial charge in [0.2, 0.25) is 41.4 Å². The summed E-state index contributed by atoms with van der Waals surface area (Å²) < 4.78 is 1.16. The van der Waals surface area contributed by atoms with E-state index in [1.54, 1.807) is 42.5 Å². The largest absolute Gasteiger partial charge is 0.508 e. The smallest absolute Gasteiger partial charge is 0.243 e. The maximum absolute atomic E-state index is 13.4. The number of primary amides is 1. The molecule has 2 heterocycles. The lowest BCUT2D eigenvalue weighted by Gasteiger charge is -2.22. The second kappa shape index (κ2) is 17.2. The minimum atomic E-state index is -1.26. The molecule has 7 amide bonds. The molecule has 264 valence electrons. The van der Waals surface area contributed by atoms with Crippen LogP contribution in [0.1, 0.15) is 23.7 Å². The van der Waals surface area contributed by atoms with Gasteiger partial charge in [0.1, 0.15) is 36.5 Å². The average Bonchev–Trinajstić information content (AvgIpc) is 3.52. The van der Waals surface area contributed by atoms with Gasteiger partial charge in [-0.3, -0.25) is 33.6 Å². The molecule has 50 heavy (non-hydrogen) atoms. The molecule has 4 atom stereocenters. The molecule has 2 bridgehead atoms. The number of phenols is 1. The zero-order chi connectivity index (χ0) is 36.2. The summed E-state index contributed by atoms with van der Waals surface area (Å²) >= 11 is 0. The number of rotatable bonds is 5. The molecule has 1 aliphatic heterocycles. The quantitative estimate of drug-likeness (QED) is 0.132. The van der Waals surface area contributed by atoms with Gasteiger partial charge in [-0.05, 0) is 30.2 Å². The van der Waals surface area contributed by atoms with Crippen molar-refractivity contribution in [1.82, 2.24) is 46.9 Å². The van der Waals surface area contributed by atoms with Crippen molar-refractivity contribution in [2.24, 2.45) is 5.73 Å². The topological polar surface area (TPSA) is 269 Å². The van der Waals surface area contributed by atoms with Crippen LogP contribution in [0.4, 0.5) is 0 Å². The van der Waals surface area contributed by atoms with E-state index in [1.807, 2.05) is 0 Å². The van der Waals surface area contributed by atoms with Crippen LogP contribution in [0.15, 0.2) is 60.8 Å². The Bertz CT molecular complexity index is 1710. The molecular formula is C32H38N10O8. The molecule has 1 aliphatic rings. The van der Waals surface area contributed by atoms with Crippen LogP contribution in [-0.4, -0.2) is 98.7 Å². The van der Waals surface area contributed by atoms with Crippen LogP contribution in [0.3, 0.4) is 0 Å². The molecule has 1 aromatic heterocycles. The fourth-order valence-corrected chi connectivity index (χ4v) is 4.92. The number of nitrogens with one attached hydrogen (secondary N) is 6. The standard InChI is InChI=1S/C32H38N10O8/c1-18-30(48)39-24(12-20-7-9-22(43)10-8-20)31(49)35-14-26(44)34-15-27(45)37-25(11-19-5-3-2-4-6-19)32(50)38-23(29(33)47)13-21-16-42(41-40-21)17-28(46)36-18/h2-10,16,18,23-25,43H,11-15,17H2,1H3,(H2,33,47)(H,34,44)(H,35,49)(H,36,46)(H,37,45)(H,38,50)(H,39,48)/t18-,23-,24+,25+/m0/s1. The van der Waals surface area contributed by atoms with Gasteiger partial charge in [-0.25, -0.2) is 4.68 Å². The van der Waals surface area contributed by atoms with E-state index < -0.39 is 78.6 Å². The lowest BCUT2D eigenvalue weighted by Crippen LogP contribution is -2.56. The van der Waals surface area contributed by atoms with Gasteiger partial charge in [-0.2, -0.15) is 0 Å². The molecule has 0 saturated carbocycles. The molecular weight excluding hydrogens is 652 g/mol. The summed E-state index contributed by atoms with van der Waals surface area (Å²) in [5, 5.41) is 32.4. The highest BCUT2D eigenvalue weighted by atomic mass is 16.3. The summed E-state index contributed by atoms with van der Waals surface area (Å²) in [6.07, 6.45) is 1.19. The van der Waals surface area contributed by atoms with E-state index in [4.69, 9.17) is 5.73 Å². The number of carbonyl (C=O) groups is 7. The van der Waals surface area contributed by atoms with Crippen molar-refractivity contribution in [1.29, 1.82) is 0 Å². The summed E-state index contributed by atoms with van der Waals surface area (Å²) in [6, 6.07) is 9.93. The lowest BCUT2D eigenvalue weighted by molar-refractivity contribution is -0.133. The summed E-state index contributed by atoms with van der Waals surface area (Å²) in [7, 11) is 0. The van der Waals surface area contributed by atoms with Crippen molar-refractivity contribution in [3.63, 3.8) is 0 Å². The minimum absolute atomic E-state index is 0.00311. The zero-order valence-corrected chi connectivity index (χ0v) is 27.0. The first-order chi connectivity index (χ1) is 23.9. The summed E-state index contributed by atoms with van der Waals surface area (Å²) in [6.45, 7) is -0.0780. The third-order valence-corrected chi connectivity index (χ3v) is 7.55. The van der Waals surface area contributed by atoms with Crippen LogP contribution in [0.2, 0.25) is 0 Å². The fourth-order valence-electron chi connectivity index (χ4n) is 4.92. The van der Waals surface area contributed by atoms with Crippen LogP contribution < -0.4 is 37.6 Å². The van der Waals surface area contributed by atoms with E-state index in [-0.39, 0.29) is 37.3 Å². The first-order valence-electron chi connectivity index (χ1n) is 15.6. The van der Waals surface area contributed by atoms with E-state index in [0.29, 0.717) is 11.1 Å². The predicted octanol–water partition coefficient (Wildman–Crippen LogP) is -3.30. The highest BCUT2D eigenvalue weighted by molar-refractivity contribution is 5.95. The van der Waals surface area contributed by atoms with Crippen LogP contribution in [0.5, 0.6) is 5.75 Å². The maximum Gasteiger partial charge on any atom is 0.243 e. The van der Waals surface area contributed by atoms with Crippen LogP contribution >= 0.6 is 0 Å². The molecule has 4 rings (SSSR count). The van der Waals surface area contributed by atoms with Crippen molar-refractivity contribution in [2.75, 3.05) is 13.1 Å². The molecule has 0 fully saturated rings. The Morgan fingerprint density at radius 2 is 1.42 bits per heavy atom. The van der Waals surface area contributed by atoms with Gasteiger partial charge < -0.3 is 42.7 Å². The summed E-state index contributed by atoms with van der Waals surface area (Å²) in [5.41, 5.74) is 7.05. The molecule has 0 radical (unpaired) electrons. The van der Waals surface area contributed by atoms with Crippen molar-refractivity contribution in [2.45, 2.75) is 56.9 Å². The van der Waals surface area contributed by atoms with E-state index >= 15 is 0 Å². The molecule has 18 heteroatoms. The molecule has 9 N–H and O–H groups in total.